The van der Waals surface area contributed by atoms with Crippen molar-refractivity contribution in [2.45, 2.75) is 44.3 Å². The van der Waals surface area contributed by atoms with Gasteiger partial charge in [-0.1, -0.05) is 6.07 Å². The van der Waals surface area contributed by atoms with E-state index in [4.69, 9.17) is 0 Å². The normalized spacial score (nSPS) is 24.7. The number of amides is 1. The highest BCUT2D eigenvalue weighted by molar-refractivity contribution is 5.82. The first kappa shape index (κ1) is 16.6. The average molecular weight is 366 g/mol. The summed E-state index contributed by atoms with van der Waals surface area (Å²) in [4.78, 5) is 38.9. The molecule has 2 unspecified atom stereocenters. The number of hydrogen-bond donors (Lipinski definition) is 3. The Hall–Kier alpha value is -2.58. The van der Waals surface area contributed by atoms with Gasteiger partial charge in [-0.2, -0.15) is 0 Å². The van der Waals surface area contributed by atoms with E-state index in [9.17, 15) is 9.59 Å². The van der Waals surface area contributed by atoms with Crippen molar-refractivity contribution in [1.82, 2.24) is 30.7 Å². The molecule has 1 saturated carbocycles. The molecule has 2 aromatic heterocycles. The largest absolute Gasteiger partial charge is 0.335 e. The van der Waals surface area contributed by atoms with Crippen molar-refractivity contribution in [1.29, 1.82) is 0 Å². The molecule has 5 rings (SSSR count). The second kappa shape index (κ2) is 6.54. The molecular formula is C19H22N6O2. The molecule has 3 aliphatic rings. The third-order valence-electron chi connectivity index (χ3n) is 5.71. The van der Waals surface area contributed by atoms with Gasteiger partial charge < -0.3 is 9.88 Å². The topological polar surface area (TPSA) is 103 Å². The summed E-state index contributed by atoms with van der Waals surface area (Å²) in [6.07, 6.45) is 5.52. The Labute approximate surface area is 156 Å². The number of fused-ring (bicyclic) bond motifs is 1. The zero-order valence-electron chi connectivity index (χ0n) is 14.9. The molecule has 8 heteroatoms. The van der Waals surface area contributed by atoms with Crippen molar-refractivity contribution in [2.24, 2.45) is 5.92 Å². The summed E-state index contributed by atoms with van der Waals surface area (Å²) in [7, 11) is 0. The number of nitrogens with one attached hydrogen (secondary N) is 3. The number of pyridine rings is 1. The molecule has 1 aliphatic carbocycles. The van der Waals surface area contributed by atoms with Gasteiger partial charge in [-0.15, -0.1) is 0 Å². The summed E-state index contributed by atoms with van der Waals surface area (Å²) in [6, 6.07) is 5.68. The van der Waals surface area contributed by atoms with Gasteiger partial charge in [-0.3, -0.25) is 20.0 Å². The number of rotatable bonds is 3. The minimum Gasteiger partial charge on any atom is -0.335 e. The second-order valence-corrected chi connectivity index (χ2v) is 7.59. The Morgan fingerprint density at radius 2 is 2.11 bits per heavy atom. The molecule has 140 valence electrons. The molecule has 2 aliphatic heterocycles. The highest BCUT2D eigenvalue weighted by atomic mass is 16.2. The molecule has 1 saturated heterocycles. The van der Waals surface area contributed by atoms with Gasteiger partial charge >= 0.3 is 0 Å². The van der Waals surface area contributed by atoms with Gasteiger partial charge in [-0.25, -0.2) is 10.4 Å². The summed E-state index contributed by atoms with van der Waals surface area (Å²) in [5, 5.41) is 0. The smallest absolute Gasteiger partial charge is 0.254 e. The minimum atomic E-state index is -0.200. The Bertz CT molecular complexity index is 924. The SMILES string of the molecule is O=C(C1CC(C2CC2)NN1)N1CCc2c(nc(-c3ccccn3)[nH]c2=O)C1. The maximum absolute atomic E-state index is 12.9. The van der Waals surface area contributed by atoms with E-state index in [1.54, 1.807) is 6.20 Å². The van der Waals surface area contributed by atoms with E-state index in [2.05, 4.69) is 25.8 Å². The lowest BCUT2D eigenvalue weighted by Crippen LogP contribution is -2.48. The minimum absolute atomic E-state index is 0.0813. The van der Waals surface area contributed by atoms with Crippen LogP contribution in [0.3, 0.4) is 0 Å². The molecule has 1 amide bonds. The van der Waals surface area contributed by atoms with Crippen molar-refractivity contribution in [3.8, 4) is 11.5 Å². The lowest BCUT2D eigenvalue weighted by atomic mass is 10.0. The van der Waals surface area contributed by atoms with Crippen LogP contribution >= 0.6 is 0 Å². The van der Waals surface area contributed by atoms with Gasteiger partial charge in [0.05, 0.1) is 12.2 Å². The number of H-pyrrole nitrogens is 1. The zero-order valence-corrected chi connectivity index (χ0v) is 14.9. The quantitative estimate of drug-likeness (QED) is 0.725. The van der Waals surface area contributed by atoms with Crippen LogP contribution in [0.25, 0.3) is 11.5 Å². The molecule has 3 N–H and O–H groups in total. The molecule has 0 spiro atoms. The van der Waals surface area contributed by atoms with Gasteiger partial charge in [0.1, 0.15) is 11.7 Å². The molecule has 4 heterocycles. The van der Waals surface area contributed by atoms with Crippen molar-refractivity contribution in [3.63, 3.8) is 0 Å². The summed E-state index contributed by atoms with van der Waals surface area (Å²) in [5.74, 6) is 1.24. The number of nitrogens with zero attached hydrogens (tertiary/aromatic N) is 3. The third-order valence-corrected chi connectivity index (χ3v) is 5.71. The lowest BCUT2D eigenvalue weighted by molar-refractivity contribution is -0.134. The Kier molecular flexibility index (Phi) is 4.02. The number of hydrazine groups is 1. The monoisotopic (exact) mass is 366 g/mol. The fourth-order valence-electron chi connectivity index (χ4n) is 4.02. The van der Waals surface area contributed by atoms with Crippen molar-refractivity contribution >= 4 is 5.91 Å². The van der Waals surface area contributed by atoms with E-state index in [0.29, 0.717) is 54.2 Å². The summed E-state index contributed by atoms with van der Waals surface area (Å²) in [6.45, 7) is 0.913. The van der Waals surface area contributed by atoms with Crippen LogP contribution in [-0.4, -0.2) is 44.4 Å². The zero-order chi connectivity index (χ0) is 18.4. The molecule has 27 heavy (non-hydrogen) atoms. The average Bonchev–Trinajstić information content (AvgIpc) is 3.44. The van der Waals surface area contributed by atoms with Crippen LogP contribution in [0.2, 0.25) is 0 Å². The van der Waals surface area contributed by atoms with E-state index in [1.165, 1.54) is 12.8 Å². The molecule has 0 aromatic carbocycles. The Balaban J connectivity index is 1.36. The molecule has 8 nitrogen and oxygen atoms in total. The number of carbonyl (C=O) groups is 1. The molecule has 2 fully saturated rings. The van der Waals surface area contributed by atoms with Crippen molar-refractivity contribution in [3.05, 3.63) is 46.0 Å². The Morgan fingerprint density at radius 1 is 1.22 bits per heavy atom. The van der Waals surface area contributed by atoms with Crippen LogP contribution in [0, 0.1) is 5.92 Å². The highest BCUT2D eigenvalue weighted by Gasteiger charge is 2.40. The van der Waals surface area contributed by atoms with Gasteiger partial charge in [0.2, 0.25) is 5.91 Å². The van der Waals surface area contributed by atoms with E-state index in [0.717, 1.165) is 6.42 Å². The predicted molar refractivity (Wildman–Crippen MR) is 98.4 cm³/mol. The third kappa shape index (κ3) is 3.15. The molecule has 0 bridgehead atoms. The number of aromatic amines is 1. The van der Waals surface area contributed by atoms with E-state index in [1.807, 2.05) is 23.1 Å². The van der Waals surface area contributed by atoms with Gasteiger partial charge in [-0.05, 0) is 43.7 Å². The van der Waals surface area contributed by atoms with Crippen LogP contribution < -0.4 is 16.4 Å². The van der Waals surface area contributed by atoms with Gasteiger partial charge in [0.25, 0.3) is 5.56 Å². The standard InChI is InChI=1S/C19H22N6O2/c26-18-12-6-8-25(19(27)15-9-14(23-24-15)11-4-5-11)10-16(12)21-17(22-18)13-3-1-2-7-20-13/h1-3,7,11,14-15,23-24H,4-6,8-10H2,(H,21,22,26). The van der Waals surface area contributed by atoms with Gasteiger partial charge in [0.15, 0.2) is 5.82 Å². The molecule has 2 aromatic rings. The second-order valence-electron chi connectivity index (χ2n) is 7.59. The van der Waals surface area contributed by atoms with Crippen LogP contribution in [0.5, 0.6) is 0 Å². The van der Waals surface area contributed by atoms with Gasteiger partial charge in [0, 0.05) is 24.3 Å². The molecular weight excluding hydrogens is 344 g/mol. The van der Waals surface area contributed by atoms with Crippen molar-refractivity contribution in [2.75, 3.05) is 6.54 Å². The number of hydrogen-bond acceptors (Lipinski definition) is 6. The van der Waals surface area contributed by atoms with Crippen LogP contribution in [-0.2, 0) is 17.8 Å². The maximum atomic E-state index is 12.9. The summed E-state index contributed by atoms with van der Waals surface area (Å²) < 4.78 is 0. The van der Waals surface area contributed by atoms with Crippen LogP contribution in [0.4, 0.5) is 0 Å². The number of carbonyl (C=O) groups excluding carboxylic acids is 1. The fourth-order valence-corrected chi connectivity index (χ4v) is 4.02. The lowest BCUT2D eigenvalue weighted by Gasteiger charge is -2.29. The predicted octanol–water partition coefficient (Wildman–Crippen LogP) is 0.362. The molecule has 0 radical (unpaired) electrons. The van der Waals surface area contributed by atoms with E-state index in [-0.39, 0.29) is 17.5 Å². The van der Waals surface area contributed by atoms with E-state index >= 15 is 0 Å². The summed E-state index contributed by atoms with van der Waals surface area (Å²) >= 11 is 0. The molecule has 2 atom stereocenters. The first-order chi connectivity index (χ1) is 13.2. The first-order valence-electron chi connectivity index (χ1n) is 9.52. The number of aromatic nitrogens is 3. The highest BCUT2D eigenvalue weighted by Crippen LogP contribution is 2.36. The first-order valence-corrected chi connectivity index (χ1v) is 9.52. The van der Waals surface area contributed by atoms with E-state index < -0.39 is 0 Å². The van der Waals surface area contributed by atoms with Crippen LogP contribution in [0.15, 0.2) is 29.2 Å². The van der Waals surface area contributed by atoms with Crippen LogP contribution in [0.1, 0.15) is 30.5 Å². The Morgan fingerprint density at radius 3 is 2.89 bits per heavy atom. The maximum Gasteiger partial charge on any atom is 0.254 e. The summed E-state index contributed by atoms with van der Waals surface area (Å²) in [5.41, 5.74) is 8.26. The van der Waals surface area contributed by atoms with Crippen molar-refractivity contribution < 1.29 is 4.79 Å². The fraction of sp³-hybridized carbons (Fsp3) is 0.474.